The van der Waals surface area contributed by atoms with Crippen molar-refractivity contribution >= 4 is 15.9 Å². The van der Waals surface area contributed by atoms with E-state index in [-0.39, 0.29) is 0 Å². The van der Waals surface area contributed by atoms with Crippen molar-refractivity contribution in [3.8, 4) is 0 Å². The summed E-state index contributed by atoms with van der Waals surface area (Å²) in [6.45, 7) is 9.54. The molecule has 1 aromatic heterocycles. The van der Waals surface area contributed by atoms with E-state index >= 15 is 0 Å². The van der Waals surface area contributed by atoms with Gasteiger partial charge in [0, 0.05) is 25.7 Å². The lowest BCUT2D eigenvalue weighted by molar-refractivity contribution is 0.189. The Morgan fingerprint density at radius 2 is 1.88 bits per heavy atom. The molecule has 0 bridgehead atoms. The van der Waals surface area contributed by atoms with Crippen LogP contribution < -0.4 is 5.32 Å². The zero-order chi connectivity index (χ0) is 17.6. The van der Waals surface area contributed by atoms with Crippen LogP contribution in [0.2, 0.25) is 0 Å². The van der Waals surface area contributed by atoms with E-state index in [0.717, 1.165) is 31.7 Å². The Hall–Kier alpha value is -1.17. The molecule has 3 rings (SSSR count). The lowest BCUT2D eigenvalue weighted by Gasteiger charge is -2.32. The molecule has 2 aromatic rings. The molecule has 1 saturated heterocycles. The summed E-state index contributed by atoms with van der Waals surface area (Å²) >= 11 is 3.74. The van der Waals surface area contributed by atoms with Gasteiger partial charge in [-0.1, -0.05) is 37.3 Å². The van der Waals surface area contributed by atoms with Crippen molar-refractivity contribution in [2.45, 2.75) is 58.8 Å². The molecule has 136 valence electrons. The number of nitrogens with zero attached hydrogens (tertiary/aromatic N) is 3. The summed E-state index contributed by atoms with van der Waals surface area (Å²) in [6, 6.07) is 11.4. The Balaban J connectivity index is 1.49. The van der Waals surface area contributed by atoms with Gasteiger partial charge in [-0.15, -0.1) is 0 Å². The van der Waals surface area contributed by atoms with Crippen molar-refractivity contribution in [2.75, 3.05) is 13.1 Å². The molecule has 0 amide bonds. The molecule has 1 aromatic carbocycles. The normalized spacial score (nSPS) is 16.4. The van der Waals surface area contributed by atoms with Crippen LogP contribution in [-0.4, -0.2) is 33.8 Å². The summed E-state index contributed by atoms with van der Waals surface area (Å²) < 4.78 is 3.31. The topological polar surface area (TPSA) is 33.1 Å². The second-order valence-corrected chi connectivity index (χ2v) is 7.59. The van der Waals surface area contributed by atoms with Crippen molar-refractivity contribution in [1.82, 2.24) is 20.0 Å². The van der Waals surface area contributed by atoms with Gasteiger partial charge in [-0.3, -0.25) is 9.58 Å². The Morgan fingerprint density at radius 3 is 2.52 bits per heavy atom. The first-order valence-electron chi connectivity index (χ1n) is 9.45. The third-order valence-corrected chi connectivity index (χ3v) is 6.00. The molecule has 1 aliphatic heterocycles. The van der Waals surface area contributed by atoms with E-state index in [1.165, 1.54) is 41.7 Å². The maximum atomic E-state index is 4.69. The molecule has 25 heavy (non-hydrogen) atoms. The largest absolute Gasteiger partial charge is 0.308 e. The van der Waals surface area contributed by atoms with Gasteiger partial charge in [0.05, 0.1) is 15.9 Å². The molecule has 0 aliphatic carbocycles. The van der Waals surface area contributed by atoms with Crippen molar-refractivity contribution < 1.29 is 0 Å². The Morgan fingerprint density at radius 1 is 1.16 bits per heavy atom. The van der Waals surface area contributed by atoms with Gasteiger partial charge in [0.15, 0.2) is 0 Å². The second kappa shape index (κ2) is 8.97. The molecule has 0 unspecified atom stereocenters. The number of aryl methyl sites for hydroxylation is 2. The molecule has 2 heterocycles. The number of piperidine rings is 1. The zero-order valence-corrected chi connectivity index (χ0v) is 16.9. The Labute approximate surface area is 159 Å². The third-order valence-electron chi connectivity index (χ3n) is 5.09. The van der Waals surface area contributed by atoms with Gasteiger partial charge in [-0.25, -0.2) is 0 Å². The Kier molecular flexibility index (Phi) is 6.68. The van der Waals surface area contributed by atoms with Crippen molar-refractivity contribution in [1.29, 1.82) is 0 Å². The number of hydrogen-bond acceptors (Lipinski definition) is 3. The zero-order valence-electron chi connectivity index (χ0n) is 15.3. The Bertz CT molecular complexity index is 660. The summed E-state index contributed by atoms with van der Waals surface area (Å²) in [5, 5.41) is 8.45. The molecular formula is C20H29BrN4. The lowest BCUT2D eigenvalue weighted by atomic mass is 10.0. The highest BCUT2D eigenvalue weighted by Crippen LogP contribution is 2.23. The number of rotatable bonds is 7. The van der Waals surface area contributed by atoms with E-state index in [1.54, 1.807) is 0 Å². The fraction of sp³-hybridized carbons (Fsp3) is 0.550. The quantitative estimate of drug-likeness (QED) is 0.757. The lowest BCUT2D eigenvalue weighted by Crippen LogP contribution is -2.42. The molecule has 4 nitrogen and oxygen atoms in total. The summed E-state index contributed by atoms with van der Waals surface area (Å²) in [4.78, 5) is 2.56. The highest BCUT2D eigenvalue weighted by molar-refractivity contribution is 9.10. The summed E-state index contributed by atoms with van der Waals surface area (Å²) in [5.74, 6) is 0. The molecule has 0 radical (unpaired) electrons. The fourth-order valence-corrected chi connectivity index (χ4v) is 4.27. The van der Waals surface area contributed by atoms with Gasteiger partial charge < -0.3 is 5.32 Å². The van der Waals surface area contributed by atoms with Crippen molar-refractivity contribution in [3.05, 3.63) is 51.8 Å². The minimum Gasteiger partial charge on any atom is -0.308 e. The number of benzene rings is 1. The molecule has 5 heteroatoms. The van der Waals surface area contributed by atoms with E-state index < -0.39 is 0 Å². The number of halogens is 1. The van der Waals surface area contributed by atoms with Crippen LogP contribution in [0.5, 0.6) is 0 Å². The second-order valence-electron chi connectivity index (χ2n) is 6.79. The molecular weight excluding hydrogens is 376 g/mol. The van der Waals surface area contributed by atoms with Crippen LogP contribution >= 0.6 is 15.9 Å². The first-order chi connectivity index (χ1) is 12.2. The van der Waals surface area contributed by atoms with Crippen molar-refractivity contribution in [2.24, 2.45) is 0 Å². The minimum atomic E-state index is 0.601. The standard InChI is InChI=1S/C20H29BrN4/c1-3-18-20(21)19(25(4-2)23-18)14-22-17-10-12-24(13-11-17)15-16-8-6-5-7-9-16/h5-9,17,22H,3-4,10-15H2,1-2H3. The summed E-state index contributed by atoms with van der Waals surface area (Å²) in [6.07, 6.45) is 3.40. The van der Waals surface area contributed by atoms with E-state index in [4.69, 9.17) is 5.10 Å². The van der Waals surface area contributed by atoms with E-state index in [0.29, 0.717) is 6.04 Å². The number of aromatic nitrogens is 2. The van der Waals surface area contributed by atoms with E-state index in [2.05, 4.69) is 75.0 Å². The van der Waals surface area contributed by atoms with Crippen LogP contribution in [0.1, 0.15) is 43.6 Å². The van der Waals surface area contributed by atoms with Crippen LogP contribution in [0.4, 0.5) is 0 Å². The van der Waals surface area contributed by atoms with Gasteiger partial charge in [0.1, 0.15) is 0 Å². The van der Waals surface area contributed by atoms with Crippen LogP contribution in [-0.2, 0) is 26.1 Å². The highest BCUT2D eigenvalue weighted by atomic mass is 79.9. The number of hydrogen-bond donors (Lipinski definition) is 1. The van der Waals surface area contributed by atoms with E-state index in [9.17, 15) is 0 Å². The van der Waals surface area contributed by atoms with Crippen LogP contribution in [0.25, 0.3) is 0 Å². The maximum absolute atomic E-state index is 4.69. The number of nitrogens with one attached hydrogen (secondary N) is 1. The predicted octanol–water partition coefficient (Wildman–Crippen LogP) is 3.98. The van der Waals surface area contributed by atoms with Gasteiger partial charge in [0.25, 0.3) is 0 Å². The number of likely N-dealkylation sites (tertiary alicyclic amines) is 1. The first-order valence-corrected chi connectivity index (χ1v) is 10.2. The smallest absolute Gasteiger partial charge is 0.0767 e. The first kappa shape index (κ1) is 18.6. The van der Waals surface area contributed by atoms with Crippen LogP contribution in [0.15, 0.2) is 34.8 Å². The molecule has 0 saturated carbocycles. The molecule has 1 N–H and O–H groups in total. The van der Waals surface area contributed by atoms with Crippen molar-refractivity contribution in [3.63, 3.8) is 0 Å². The van der Waals surface area contributed by atoms with Crippen LogP contribution in [0, 0.1) is 0 Å². The van der Waals surface area contributed by atoms with Gasteiger partial charge in [-0.2, -0.15) is 5.10 Å². The summed E-state index contributed by atoms with van der Waals surface area (Å²) in [5.41, 5.74) is 3.86. The molecule has 0 atom stereocenters. The van der Waals surface area contributed by atoms with E-state index in [1.807, 2.05) is 0 Å². The van der Waals surface area contributed by atoms with Gasteiger partial charge >= 0.3 is 0 Å². The van der Waals surface area contributed by atoms with Gasteiger partial charge in [-0.05, 0) is 60.8 Å². The molecule has 1 aliphatic rings. The fourth-order valence-electron chi connectivity index (χ4n) is 3.56. The summed E-state index contributed by atoms with van der Waals surface area (Å²) in [7, 11) is 0. The average molecular weight is 405 g/mol. The predicted molar refractivity (Wildman–Crippen MR) is 107 cm³/mol. The third kappa shape index (κ3) is 4.72. The maximum Gasteiger partial charge on any atom is 0.0767 e. The molecule has 0 spiro atoms. The minimum absolute atomic E-state index is 0.601. The van der Waals surface area contributed by atoms with Gasteiger partial charge in [0.2, 0.25) is 0 Å². The average Bonchev–Trinajstić information content (AvgIpc) is 2.97. The SMILES string of the molecule is CCc1nn(CC)c(CNC2CCN(Cc3ccccc3)CC2)c1Br. The molecule has 1 fully saturated rings. The highest BCUT2D eigenvalue weighted by Gasteiger charge is 2.20. The van der Waals surface area contributed by atoms with Crippen LogP contribution in [0.3, 0.4) is 0 Å². The monoisotopic (exact) mass is 404 g/mol.